The second-order valence-corrected chi connectivity index (χ2v) is 9.06. The summed E-state index contributed by atoms with van der Waals surface area (Å²) in [5.41, 5.74) is 0.427. The first-order chi connectivity index (χ1) is 11.8. The van der Waals surface area contributed by atoms with Crippen LogP contribution in [-0.2, 0) is 17.1 Å². The van der Waals surface area contributed by atoms with Crippen molar-refractivity contribution < 1.29 is 13.2 Å². The molecule has 148 valence electrons. The first kappa shape index (κ1) is 21.2. The Kier molecular flexibility index (Phi) is 6.76. The average molecular weight is 405 g/mol. The third kappa shape index (κ3) is 3.93. The Balaban J connectivity index is 0.00000243. The summed E-state index contributed by atoms with van der Waals surface area (Å²) < 4.78 is 28.9. The molecule has 0 aliphatic carbocycles. The van der Waals surface area contributed by atoms with Crippen LogP contribution in [0.15, 0.2) is 17.2 Å². The van der Waals surface area contributed by atoms with Crippen LogP contribution in [0.5, 0.6) is 0 Å². The van der Waals surface area contributed by atoms with Crippen molar-refractivity contribution in [2.75, 3.05) is 26.2 Å². The number of sulfonamides is 1. The molecule has 0 radical (unpaired) electrons. The Hall–Kier alpha value is -1.09. The first-order valence-electron chi connectivity index (χ1n) is 9.03. The number of carbonyl (C=O) groups excluding carboxylic acids is 1. The van der Waals surface area contributed by atoms with E-state index >= 15 is 0 Å². The molecular formula is C17H29ClN4O3S. The van der Waals surface area contributed by atoms with Gasteiger partial charge in [-0.25, -0.2) is 8.42 Å². The predicted octanol–water partition coefficient (Wildman–Crippen LogP) is 1.44. The smallest absolute Gasteiger partial charge is 0.270 e. The Labute approximate surface area is 162 Å². The van der Waals surface area contributed by atoms with E-state index in [4.69, 9.17) is 0 Å². The van der Waals surface area contributed by atoms with Gasteiger partial charge in [0.05, 0.1) is 0 Å². The van der Waals surface area contributed by atoms with Crippen LogP contribution in [0.1, 0.15) is 43.6 Å². The Bertz CT molecular complexity index is 743. The van der Waals surface area contributed by atoms with Gasteiger partial charge in [-0.1, -0.05) is 6.42 Å². The molecule has 26 heavy (non-hydrogen) atoms. The minimum Gasteiger partial charge on any atom is -0.345 e. The summed E-state index contributed by atoms with van der Waals surface area (Å²) in [6, 6.07) is 1.82. The maximum atomic E-state index is 13.0. The summed E-state index contributed by atoms with van der Waals surface area (Å²) in [7, 11) is -1.79. The van der Waals surface area contributed by atoms with Crippen LogP contribution in [0.4, 0.5) is 0 Å². The minimum atomic E-state index is -3.52. The summed E-state index contributed by atoms with van der Waals surface area (Å²) >= 11 is 0. The number of nitrogens with zero attached hydrogens (tertiary/aromatic N) is 3. The van der Waals surface area contributed by atoms with Crippen molar-refractivity contribution in [3.8, 4) is 0 Å². The monoisotopic (exact) mass is 404 g/mol. The molecule has 1 aromatic heterocycles. The number of rotatable bonds is 3. The lowest BCUT2D eigenvalue weighted by Gasteiger charge is -2.38. The van der Waals surface area contributed by atoms with E-state index in [1.54, 1.807) is 17.8 Å². The van der Waals surface area contributed by atoms with Crippen molar-refractivity contribution in [2.45, 2.75) is 50.1 Å². The topological polar surface area (TPSA) is 74.7 Å². The zero-order chi connectivity index (χ0) is 18.2. The third-order valence-electron chi connectivity index (χ3n) is 5.45. The van der Waals surface area contributed by atoms with Crippen LogP contribution < -0.4 is 5.32 Å². The third-order valence-corrected chi connectivity index (χ3v) is 7.31. The second kappa shape index (κ2) is 8.29. The molecule has 0 aromatic carbocycles. The number of aromatic nitrogens is 1. The zero-order valence-electron chi connectivity index (χ0n) is 15.6. The first-order valence-corrected chi connectivity index (χ1v) is 10.5. The summed E-state index contributed by atoms with van der Waals surface area (Å²) in [6.45, 7) is 6.58. The molecule has 9 heteroatoms. The zero-order valence-corrected chi connectivity index (χ0v) is 17.3. The van der Waals surface area contributed by atoms with Crippen LogP contribution in [0.25, 0.3) is 0 Å². The summed E-state index contributed by atoms with van der Waals surface area (Å²) in [5.74, 6) is -0.108. The molecule has 3 heterocycles. The lowest BCUT2D eigenvalue weighted by atomic mass is 10.1. The van der Waals surface area contributed by atoms with Crippen molar-refractivity contribution in [1.82, 2.24) is 19.1 Å². The summed E-state index contributed by atoms with van der Waals surface area (Å²) in [6.07, 6.45) is 4.43. The number of piperazine rings is 1. The predicted molar refractivity (Wildman–Crippen MR) is 103 cm³/mol. The minimum absolute atomic E-state index is 0. The van der Waals surface area contributed by atoms with Crippen LogP contribution in [0, 0.1) is 0 Å². The van der Waals surface area contributed by atoms with Crippen LogP contribution in [0.2, 0.25) is 0 Å². The highest BCUT2D eigenvalue weighted by atomic mass is 35.5. The van der Waals surface area contributed by atoms with Crippen molar-refractivity contribution in [3.63, 3.8) is 0 Å². The van der Waals surface area contributed by atoms with Gasteiger partial charge in [0.1, 0.15) is 10.6 Å². The van der Waals surface area contributed by atoms with Gasteiger partial charge < -0.3 is 14.8 Å². The Morgan fingerprint density at radius 3 is 2.46 bits per heavy atom. The quantitative estimate of drug-likeness (QED) is 0.827. The van der Waals surface area contributed by atoms with Gasteiger partial charge in [0.15, 0.2) is 0 Å². The normalized spacial score (nSPS) is 25.0. The highest BCUT2D eigenvalue weighted by molar-refractivity contribution is 7.89. The molecule has 7 nitrogen and oxygen atoms in total. The number of hydrogen-bond donors (Lipinski definition) is 1. The van der Waals surface area contributed by atoms with Gasteiger partial charge in [-0.2, -0.15) is 4.31 Å². The molecule has 2 unspecified atom stereocenters. The highest BCUT2D eigenvalue weighted by Crippen LogP contribution is 2.23. The number of hydrogen-bond acceptors (Lipinski definition) is 4. The van der Waals surface area contributed by atoms with Crippen LogP contribution in [0.3, 0.4) is 0 Å². The van der Waals surface area contributed by atoms with Crippen molar-refractivity contribution in [3.05, 3.63) is 18.0 Å². The lowest BCUT2D eigenvalue weighted by Crippen LogP contribution is -2.57. The van der Waals surface area contributed by atoms with Gasteiger partial charge in [0, 0.05) is 51.5 Å². The number of halogens is 1. The fraction of sp³-hybridized carbons (Fsp3) is 0.706. The molecule has 3 rings (SSSR count). The van der Waals surface area contributed by atoms with E-state index in [1.807, 2.05) is 11.8 Å². The summed E-state index contributed by atoms with van der Waals surface area (Å²) in [4.78, 5) is 15.0. The van der Waals surface area contributed by atoms with Crippen LogP contribution >= 0.6 is 12.4 Å². The molecule has 2 aliphatic heterocycles. The van der Waals surface area contributed by atoms with E-state index in [1.165, 1.54) is 10.4 Å². The second-order valence-electron chi connectivity index (χ2n) is 7.12. The summed E-state index contributed by atoms with van der Waals surface area (Å²) in [5, 5.41) is 3.35. The molecule has 2 atom stereocenters. The lowest BCUT2D eigenvalue weighted by molar-refractivity contribution is 0.0593. The van der Waals surface area contributed by atoms with Crippen molar-refractivity contribution in [1.29, 1.82) is 0 Å². The van der Waals surface area contributed by atoms with Gasteiger partial charge in [-0.05, 0) is 32.8 Å². The number of piperidine rings is 1. The molecule has 2 aliphatic rings. The molecular weight excluding hydrogens is 376 g/mol. The van der Waals surface area contributed by atoms with Gasteiger partial charge in [0.2, 0.25) is 10.0 Å². The molecule has 0 saturated carbocycles. The molecule has 2 saturated heterocycles. The Morgan fingerprint density at radius 1 is 1.15 bits per heavy atom. The van der Waals surface area contributed by atoms with Gasteiger partial charge in [-0.3, -0.25) is 4.79 Å². The Morgan fingerprint density at radius 2 is 1.81 bits per heavy atom. The van der Waals surface area contributed by atoms with E-state index in [9.17, 15) is 13.2 Å². The molecule has 1 aromatic rings. The van der Waals surface area contributed by atoms with E-state index in [-0.39, 0.29) is 35.3 Å². The number of amides is 1. The van der Waals surface area contributed by atoms with Crippen molar-refractivity contribution >= 4 is 28.3 Å². The van der Waals surface area contributed by atoms with E-state index in [0.717, 1.165) is 25.8 Å². The number of nitrogens with one attached hydrogen (secondary N) is 1. The standard InChI is InChI=1S/C17H28N4O3S.ClH/c1-13-14(2)21(10-7-18-13)17(22)16-11-15(12-19(16)3)25(23,24)20-8-5-4-6-9-20;/h11-14,18H,4-10H2,1-3H3;1H. The van der Waals surface area contributed by atoms with Gasteiger partial charge in [-0.15, -0.1) is 12.4 Å². The SMILES string of the molecule is CC1NCCN(C(=O)c2cc(S(=O)(=O)N3CCCCC3)cn2C)C1C.Cl. The van der Waals surface area contributed by atoms with Gasteiger partial charge >= 0.3 is 0 Å². The van der Waals surface area contributed by atoms with Crippen molar-refractivity contribution in [2.24, 2.45) is 7.05 Å². The largest absolute Gasteiger partial charge is 0.345 e. The molecule has 1 N–H and O–H groups in total. The molecule has 0 spiro atoms. The van der Waals surface area contributed by atoms with E-state index < -0.39 is 10.0 Å². The molecule has 0 bridgehead atoms. The van der Waals surface area contributed by atoms with Gasteiger partial charge in [0.25, 0.3) is 5.91 Å². The number of carbonyl (C=O) groups is 1. The molecule has 1 amide bonds. The highest BCUT2D eigenvalue weighted by Gasteiger charge is 2.32. The van der Waals surface area contributed by atoms with Crippen LogP contribution in [-0.4, -0.2) is 66.4 Å². The fourth-order valence-corrected chi connectivity index (χ4v) is 5.22. The number of aryl methyl sites for hydroxylation is 1. The maximum absolute atomic E-state index is 13.0. The molecule has 2 fully saturated rings. The van der Waals surface area contributed by atoms with E-state index in [0.29, 0.717) is 25.3 Å². The van der Waals surface area contributed by atoms with E-state index in [2.05, 4.69) is 12.2 Å². The maximum Gasteiger partial charge on any atom is 0.270 e. The fourth-order valence-electron chi connectivity index (χ4n) is 3.63. The average Bonchev–Trinajstić information content (AvgIpc) is 3.00.